The van der Waals surface area contributed by atoms with E-state index in [1.165, 1.54) is 32.1 Å². The van der Waals surface area contributed by atoms with Gasteiger partial charge in [0.1, 0.15) is 0 Å². The van der Waals surface area contributed by atoms with Crippen LogP contribution in [0.5, 0.6) is 0 Å². The van der Waals surface area contributed by atoms with E-state index in [9.17, 15) is 0 Å². The summed E-state index contributed by atoms with van der Waals surface area (Å²) in [4.78, 5) is 3.19. The second kappa shape index (κ2) is 5.14. The maximum absolute atomic E-state index is 2.39. The van der Waals surface area contributed by atoms with E-state index < -0.39 is 0 Å². The van der Waals surface area contributed by atoms with E-state index in [4.69, 9.17) is 0 Å². The molecular formula is C16H26S. The highest BCUT2D eigenvalue weighted by atomic mass is 32.1. The van der Waals surface area contributed by atoms with Crippen LogP contribution in [0.25, 0.3) is 0 Å². The summed E-state index contributed by atoms with van der Waals surface area (Å²) in [5.41, 5.74) is 0.323. The van der Waals surface area contributed by atoms with Crippen LogP contribution in [0.15, 0.2) is 12.1 Å². The zero-order valence-corrected chi connectivity index (χ0v) is 12.6. The first kappa shape index (κ1) is 13.1. The molecule has 0 atom stereocenters. The SMILES string of the molecule is CCC1CCC(c2ccc(C(C)(C)C)s2)CC1. The Bertz CT molecular complexity index is 348. The maximum Gasteiger partial charge on any atom is 0.0102 e. The lowest BCUT2D eigenvalue weighted by atomic mass is 9.80. The maximum atomic E-state index is 2.39. The molecule has 17 heavy (non-hydrogen) atoms. The van der Waals surface area contributed by atoms with Crippen LogP contribution in [0.4, 0.5) is 0 Å². The summed E-state index contributed by atoms with van der Waals surface area (Å²) in [6, 6.07) is 4.74. The standard InChI is InChI=1S/C16H26S/c1-5-12-6-8-13(9-7-12)14-10-11-15(17-14)16(2,3)4/h10-13H,5-9H2,1-4H3. The van der Waals surface area contributed by atoms with Gasteiger partial charge in [-0.25, -0.2) is 0 Å². The Morgan fingerprint density at radius 1 is 1.12 bits per heavy atom. The van der Waals surface area contributed by atoms with Crippen LogP contribution in [-0.2, 0) is 5.41 Å². The van der Waals surface area contributed by atoms with Gasteiger partial charge in [-0.1, -0.05) is 34.1 Å². The number of rotatable bonds is 2. The molecule has 1 aliphatic carbocycles. The molecule has 1 aromatic rings. The molecule has 0 unspecified atom stereocenters. The molecule has 1 aromatic heterocycles. The molecule has 0 aromatic carbocycles. The van der Waals surface area contributed by atoms with E-state index in [1.54, 1.807) is 9.75 Å². The smallest absolute Gasteiger partial charge is 0.0102 e. The summed E-state index contributed by atoms with van der Waals surface area (Å²) in [7, 11) is 0. The highest BCUT2D eigenvalue weighted by Crippen LogP contribution is 2.41. The zero-order valence-electron chi connectivity index (χ0n) is 11.8. The molecule has 0 N–H and O–H groups in total. The van der Waals surface area contributed by atoms with Crippen molar-refractivity contribution in [1.29, 1.82) is 0 Å². The van der Waals surface area contributed by atoms with Crippen LogP contribution < -0.4 is 0 Å². The third kappa shape index (κ3) is 3.13. The van der Waals surface area contributed by atoms with Crippen LogP contribution in [0, 0.1) is 5.92 Å². The van der Waals surface area contributed by atoms with Gasteiger partial charge >= 0.3 is 0 Å². The van der Waals surface area contributed by atoms with Crippen molar-refractivity contribution in [2.45, 2.75) is 71.1 Å². The predicted octanol–water partition coefficient (Wildman–Crippen LogP) is 5.73. The molecule has 1 heterocycles. The molecule has 0 amide bonds. The number of hydrogen-bond donors (Lipinski definition) is 0. The molecule has 2 rings (SSSR count). The van der Waals surface area contributed by atoms with Crippen molar-refractivity contribution >= 4 is 11.3 Å². The molecule has 0 radical (unpaired) electrons. The van der Waals surface area contributed by atoms with Crippen LogP contribution in [0.3, 0.4) is 0 Å². The summed E-state index contributed by atoms with van der Waals surface area (Å²) in [5, 5.41) is 0. The normalized spacial score (nSPS) is 26.1. The van der Waals surface area contributed by atoms with E-state index in [0.717, 1.165) is 11.8 Å². The van der Waals surface area contributed by atoms with Gasteiger partial charge in [0.2, 0.25) is 0 Å². The molecule has 0 saturated heterocycles. The third-order valence-corrected chi connectivity index (χ3v) is 5.87. The fourth-order valence-electron chi connectivity index (χ4n) is 2.83. The van der Waals surface area contributed by atoms with Gasteiger partial charge in [-0.15, -0.1) is 11.3 Å². The minimum absolute atomic E-state index is 0.323. The Hall–Kier alpha value is -0.300. The fraction of sp³-hybridized carbons (Fsp3) is 0.750. The van der Waals surface area contributed by atoms with Crippen molar-refractivity contribution in [2.75, 3.05) is 0 Å². The van der Waals surface area contributed by atoms with Gasteiger partial charge < -0.3 is 0 Å². The second-order valence-electron chi connectivity index (χ2n) is 6.58. The molecule has 1 saturated carbocycles. The van der Waals surface area contributed by atoms with Gasteiger partial charge in [-0.05, 0) is 55.1 Å². The van der Waals surface area contributed by atoms with E-state index in [1.807, 2.05) is 0 Å². The minimum atomic E-state index is 0.323. The summed E-state index contributed by atoms with van der Waals surface area (Å²) >= 11 is 2.06. The second-order valence-corrected chi connectivity index (χ2v) is 7.69. The predicted molar refractivity (Wildman–Crippen MR) is 78.0 cm³/mol. The van der Waals surface area contributed by atoms with Crippen molar-refractivity contribution in [3.05, 3.63) is 21.9 Å². The molecule has 1 aliphatic rings. The first-order valence-corrected chi connectivity index (χ1v) is 7.92. The van der Waals surface area contributed by atoms with Crippen molar-refractivity contribution in [1.82, 2.24) is 0 Å². The Morgan fingerprint density at radius 3 is 2.24 bits per heavy atom. The van der Waals surface area contributed by atoms with E-state index >= 15 is 0 Å². The molecule has 0 bridgehead atoms. The Morgan fingerprint density at radius 2 is 1.76 bits per heavy atom. The van der Waals surface area contributed by atoms with Crippen LogP contribution in [-0.4, -0.2) is 0 Å². The van der Waals surface area contributed by atoms with Gasteiger partial charge in [-0.2, -0.15) is 0 Å². The molecule has 96 valence electrons. The van der Waals surface area contributed by atoms with Gasteiger partial charge in [-0.3, -0.25) is 0 Å². The topological polar surface area (TPSA) is 0 Å². The van der Waals surface area contributed by atoms with Crippen LogP contribution in [0.2, 0.25) is 0 Å². The molecular weight excluding hydrogens is 224 g/mol. The van der Waals surface area contributed by atoms with Gasteiger partial charge in [0, 0.05) is 9.75 Å². The Balaban J connectivity index is 2.02. The van der Waals surface area contributed by atoms with Crippen molar-refractivity contribution in [3.8, 4) is 0 Å². The highest BCUT2D eigenvalue weighted by Gasteiger charge is 2.24. The van der Waals surface area contributed by atoms with Gasteiger partial charge in [0.25, 0.3) is 0 Å². The van der Waals surface area contributed by atoms with E-state index in [0.29, 0.717) is 5.41 Å². The first-order valence-electron chi connectivity index (χ1n) is 7.11. The summed E-state index contributed by atoms with van der Waals surface area (Å²) in [5.74, 6) is 1.87. The highest BCUT2D eigenvalue weighted by molar-refractivity contribution is 7.12. The van der Waals surface area contributed by atoms with Gasteiger partial charge in [0.05, 0.1) is 0 Å². The van der Waals surface area contributed by atoms with Gasteiger partial charge in [0.15, 0.2) is 0 Å². The minimum Gasteiger partial charge on any atom is -0.145 e. The molecule has 1 heteroatoms. The molecule has 1 fully saturated rings. The monoisotopic (exact) mass is 250 g/mol. The Labute approximate surface area is 110 Å². The van der Waals surface area contributed by atoms with E-state index in [-0.39, 0.29) is 0 Å². The average Bonchev–Trinajstić information content (AvgIpc) is 2.78. The fourth-order valence-corrected chi connectivity index (χ4v) is 4.07. The lowest BCUT2D eigenvalue weighted by molar-refractivity contribution is 0.321. The lowest BCUT2D eigenvalue weighted by Gasteiger charge is -2.27. The molecule has 0 nitrogen and oxygen atoms in total. The largest absolute Gasteiger partial charge is 0.145 e. The van der Waals surface area contributed by atoms with E-state index in [2.05, 4.69) is 51.2 Å². The molecule has 0 aliphatic heterocycles. The summed E-state index contributed by atoms with van der Waals surface area (Å²) in [6.45, 7) is 9.29. The number of hydrogen-bond acceptors (Lipinski definition) is 1. The zero-order chi connectivity index (χ0) is 12.5. The first-order chi connectivity index (χ1) is 8.00. The summed E-state index contributed by atoms with van der Waals surface area (Å²) in [6.07, 6.45) is 7.11. The summed E-state index contributed by atoms with van der Waals surface area (Å²) < 4.78 is 0. The lowest BCUT2D eigenvalue weighted by Crippen LogP contribution is -2.11. The van der Waals surface area contributed by atoms with Crippen molar-refractivity contribution < 1.29 is 0 Å². The van der Waals surface area contributed by atoms with Crippen molar-refractivity contribution in [3.63, 3.8) is 0 Å². The molecule has 0 spiro atoms. The Kier molecular flexibility index (Phi) is 3.97. The van der Waals surface area contributed by atoms with Crippen LogP contribution >= 0.6 is 11.3 Å². The van der Waals surface area contributed by atoms with Crippen molar-refractivity contribution in [2.24, 2.45) is 5.92 Å². The quantitative estimate of drug-likeness (QED) is 0.629. The number of thiophene rings is 1. The third-order valence-electron chi connectivity index (χ3n) is 4.19. The average molecular weight is 250 g/mol. The van der Waals surface area contributed by atoms with Crippen LogP contribution in [0.1, 0.15) is 75.5 Å².